The van der Waals surface area contributed by atoms with Gasteiger partial charge in [-0.05, 0) is 61.9 Å². The van der Waals surface area contributed by atoms with E-state index >= 15 is 0 Å². The maximum Gasteiger partial charge on any atom is 0.254 e. The molecule has 6 rings (SSSR count). The van der Waals surface area contributed by atoms with E-state index in [0.717, 1.165) is 42.6 Å². The van der Waals surface area contributed by atoms with E-state index in [1.54, 1.807) is 0 Å². The van der Waals surface area contributed by atoms with Gasteiger partial charge in [0.15, 0.2) is 0 Å². The second-order valence-corrected chi connectivity index (χ2v) is 7.76. The number of hydrogen-bond acceptors (Lipinski definition) is 3. The quantitative estimate of drug-likeness (QED) is 0.864. The molecule has 2 bridgehead atoms. The molecule has 1 aromatic carbocycles. The van der Waals surface area contributed by atoms with E-state index in [-0.39, 0.29) is 5.91 Å². The van der Waals surface area contributed by atoms with Crippen molar-refractivity contribution in [2.75, 3.05) is 26.2 Å². The normalized spacial score (nSPS) is 38.6. The van der Waals surface area contributed by atoms with Gasteiger partial charge in [-0.3, -0.25) is 4.79 Å². The van der Waals surface area contributed by atoms with Gasteiger partial charge in [0.1, 0.15) is 0 Å². The molecule has 0 radical (unpaired) electrons. The first kappa shape index (κ1) is 14.0. The van der Waals surface area contributed by atoms with Gasteiger partial charge in [-0.2, -0.15) is 0 Å². The van der Waals surface area contributed by atoms with Crippen LogP contribution in [-0.2, 0) is 0 Å². The summed E-state index contributed by atoms with van der Waals surface area (Å²) in [5.74, 6) is 1.30. The molecule has 0 unspecified atom stereocenters. The Morgan fingerprint density at radius 1 is 1.04 bits per heavy atom. The molecule has 122 valence electrons. The Morgan fingerprint density at radius 3 is 2.61 bits per heavy atom. The number of carbonyl (C=O) groups is 1. The molecular weight excluding hydrogens is 288 g/mol. The summed E-state index contributed by atoms with van der Waals surface area (Å²) in [5.41, 5.74) is 3.00. The second-order valence-electron chi connectivity index (χ2n) is 7.76. The Kier molecular flexibility index (Phi) is 3.07. The van der Waals surface area contributed by atoms with Gasteiger partial charge in [0, 0.05) is 30.6 Å². The lowest BCUT2D eigenvalue weighted by atomic mass is 9.74. The number of rotatable bonds is 1. The number of aliphatic hydroxyl groups excluding tert-OH is 1. The maximum absolute atomic E-state index is 13.2. The van der Waals surface area contributed by atoms with Crippen molar-refractivity contribution in [2.45, 2.75) is 43.7 Å². The highest BCUT2D eigenvalue weighted by Crippen LogP contribution is 2.44. The summed E-state index contributed by atoms with van der Waals surface area (Å²) in [6.07, 6.45) is 3.91. The summed E-state index contributed by atoms with van der Waals surface area (Å²) in [4.78, 5) is 17.9. The first-order chi connectivity index (χ1) is 11.2. The lowest BCUT2D eigenvalue weighted by molar-refractivity contribution is 0.00143. The molecule has 1 aliphatic carbocycles. The van der Waals surface area contributed by atoms with Crippen LogP contribution in [0.5, 0.6) is 0 Å². The first-order valence-electron chi connectivity index (χ1n) is 9.06. The fourth-order valence-corrected chi connectivity index (χ4v) is 5.41. The molecule has 1 N–H and O–H groups in total. The minimum Gasteiger partial charge on any atom is -0.388 e. The van der Waals surface area contributed by atoms with E-state index in [1.165, 1.54) is 25.9 Å². The number of fused-ring (bicyclic) bond motifs is 3. The molecule has 23 heavy (non-hydrogen) atoms. The largest absolute Gasteiger partial charge is 0.388 e. The predicted octanol–water partition coefficient (Wildman–Crippen LogP) is 2.15. The lowest BCUT2D eigenvalue weighted by Gasteiger charge is -2.51. The van der Waals surface area contributed by atoms with Crippen LogP contribution in [0, 0.1) is 5.92 Å². The number of piperidine rings is 3. The highest BCUT2D eigenvalue weighted by Gasteiger charge is 2.44. The summed E-state index contributed by atoms with van der Waals surface area (Å²) in [6.45, 7) is 4.32. The van der Waals surface area contributed by atoms with Crippen LogP contribution < -0.4 is 0 Å². The van der Waals surface area contributed by atoms with E-state index in [1.807, 2.05) is 18.2 Å². The minimum absolute atomic E-state index is 0.200. The molecular formula is C19H24N2O2. The molecule has 4 heteroatoms. The van der Waals surface area contributed by atoms with Gasteiger partial charge >= 0.3 is 0 Å². The molecule has 0 aromatic heterocycles. The molecule has 3 fully saturated rings. The van der Waals surface area contributed by atoms with Crippen LogP contribution >= 0.6 is 0 Å². The summed E-state index contributed by atoms with van der Waals surface area (Å²) >= 11 is 0. The smallest absolute Gasteiger partial charge is 0.254 e. The van der Waals surface area contributed by atoms with Crippen molar-refractivity contribution in [3.05, 3.63) is 34.9 Å². The van der Waals surface area contributed by atoms with Gasteiger partial charge in [0.25, 0.3) is 5.91 Å². The van der Waals surface area contributed by atoms with Gasteiger partial charge in [-0.1, -0.05) is 12.1 Å². The molecule has 4 heterocycles. The van der Waals surface area contributed by atoms with Crippen LogP contribution in [0.2, 0.25) is 0 Å². The molecule has 4 nitrogen and oxygen atoms in total. The van der Waals surface area contributed by atoms with E-state index in [4.69, 9.17) is 0 Å². The van der Waals surface area contributed by atoms with E-state index in [0.29, 0.717) is 17.9 Å². The third-order valence-electron chi connectivity index (χ3n) is 6.63. The standard InChI is InChI=1S/C19H24N2O2/c22-17-5-4-13-10-21(16-11-20-8-6-12(16)7-9-20)19(23)15-3-1-2-14(17)18(13)15/h1-3,12-13,16-17,22H,4-11H2/t13-,16+,17-/m0/s1. The molecule has 4 aliphatic heterocycles. The Labute approximate surface area is 137 Å². The topological polar surface area (TPSA) is 43.8 Å². The average Bonchev–Trinajstić information content (AvgIpc) is 2.61. The molecule has 1 amide bonds. The van der Waals surface area contributed by atoms with Crippen molar-refractivity contribution in [3.63, 3.8) is 0 Å². The van der Waals surface area contributed by atoms with Crippen LogP contribution in [-0.4, -0.2) is 53.0 Å². The van der Waals surface area contributed by atoms with Crippen molar-refractivity contribution in [2.24, 2.45) is 5.92 Å². The zero-order chi connectivity index (χ0) is 15.6. The third-order valence-corrected chi connectivity index (χ3v) is 6.63. The Balaban J connectivity index is 1.53. The SMILES string of the molecule is O=C1c2cccc3c2[C@@H](CC[C@@H]3O)CN1[C@@H]1CN2CCC1CC2. The highest BCUT2D eigenvalue weighted by atomic mass is 16.3. The second kappa shape index (κ2) is 5.05. The van der Waals surface area contributed by atoms with Crippen LogP contribution in [0.15, 0.2) is 18.2 Å². The molecule has 3 saturated heterocycles. The van der Waals surface area contributed by atoms with Gasteiger partial charge in [0.05, 0.1) is 6.10 Å². The molecule has 3 atom stereocenters. The summed E-state index contributed by atoms with van der Waals surface area (Å²) < 4.78 is 0. The van der Waals surface area contributed by atoms with Gasteiger partial charge in [-0.15, -0.1) is 0 Å². The Morgan fingerprint density at radius 2 is 1.87 bits per heavy atom. The van der Waals surface area contributed by atoms with Gasteiger partial charge in [0.2, 0.25) is 0 Å². The predicted molar refractivity (Wildman–Crippen MR) is 87.4 cm³/mol. The zero-order valence-corrected chi connectivity index (χ0v) is 13.4. The van der Waals surface area contributed by atoms with Crippen molar-refractivity contribution < 1.29 is 9.90 Å². The number of nitrogens with zero attached hydrogens (tertiary/aromatic N) is 2. The van der Waals surface area contributed by atoms with Crippen molar-refractivity contribution >= 4 is 5.91 Å². The number of benzene rings is 1. The first-order valence-corrected chi connectivity index (χ1v) is 9.06. The summed E-state index contributed by atoms with van der Waals surface area (Å²) in [5, 5.41) is 10.3. The van der Waals surface area contributed by atoms with E-state index < -0.39 is 6.10 Å². The minimum atomic E-state index is -0.391. The van der Waals surface area contributed by atoms with Gasteiger partial charge < -0.3 is 14.9 Å². The maximum atomic E-state index is 13.2. The third kappa shape index (κ3) is 2.01. The number of aliphatic hydroxyl groups is 1. The fraction of sp³-hybridized carbons (Fsp3) is 0.632. The number of amides is 1. The average molecular weight is 312 g/mol. The van der Waals surface area contributed by atoms with E-state index in [2.05, 4.69) is 9.80 Å². The Bertz CT molecular complexity index is 651. The van der Waals surface area contributed by atoms with Crippen LogP contribution in [0.4, 0.5) is 0 Å². The molecule has 5 aliphatic rings. The monoisotopic (exact) mass is 312 g/mol. The van der Waals surface area contributed by atoms with Crippen LogP contribution in [0.3, 0.4) is 0 Å². The van der Waals surface area contributed by atoms with Crippen LogP contribution in [0.25, 0.3) is 0 Å². The molecule has 0 spiro atoms. The fourth-order valence-electron chi connectivity index (χ4n) is 5.41. The summed E-state index contributed by atoms with van der Waals surface area (Å²) in [6, 6.07) is 6.32. The zero-order valence-electron chi connectivity index (χ0n) is 13.4. The summed E-state index contributed by atoms with van der Waals surface area (Å²) in [7, 11) is 0. The number of carbonyl (C=O) groups excluding carboxylic acids is 1. The number of hydrogen-bond donors (Lipinski definition) is 1. The van der Waals surface area contributed by atoms with Gasteiger partial charge in [-0.25, -0.2) is 0 Å². The van der Waals surface area contributed by atoms with E-state index in [9.17, 15) is 9.90 Å². The van der Waals surface area contributed by atoms with Crippen molar-refractivity contribution in [1.82, 2.24) is 9.80 Å². The van der Waals surface area contributed by atoms with Crippen molar-refractivity contribution in [1.29, 1.82) is 0 Å². The van der Waals surface area contributed by atoms with Crippen molar-refractivity contribution in [3.8, 4) is 0 Å². The van der Waals surface area contributed by atoms with Crippen LogP contribution in [0.1, 0.15) is 59.2 Å². The lowest BCUT2D eigenvalue weighted by Crippen LogP contribution is -2.60. The molecule has 1 aromatic rings. The Hall–Kier alpha value is -1.39. The molecule has 0 saturated carbocycles. The highest BCUT2D eigenvalue weighted by molar-refractivity contribution is 5.98.